The van der Waals surface area contributed by atoms with Crippen LogP contribution in [-0.4, -0.2) is 65.1 Å². The van der Waals surface area contributed by atoms with Crippen LogP contribution in [0.5, 0.6) is 5.75 Å². The zero-order valence-corrected chi connectivity index (χ0v) is 24.8. The number of ether oxygens (including phenoxy) is 3. The molecule has 1 aromatic carbocycles. The maximum Gasteiger partial charge on any atom is 1.00 e. The number of benzene rings is 1. The first kappa shape index (κ1) is 35.4. The van der Waals surface area contributed by atoms with Gasteiger partial charge in [-0.15, -0.1) is 0 Å². The monoisotopic (exact) mass is 549 g/mol. The summed E-state index contributed by atoms with van der Waals surface area (Å²) in [6.07, 6.45) is -3.37. The Morgan fingerprint density at radius 1 is 1.22 bits per heavy atom. The molecule has 1 aliphatic rings. The summed E-state index contributed by atoms with van der Waals surface area (Å²) in [5.41, 5.74) is 3.05. The van der Waals surface area contributed by atoms with Crippen molar-refractivity contribution in [2.24, 2.45) is 11.8 Å². The molecular weight excluding hydrogens is 515 g/mol. The number of rotatable bonds is 12. The minimum Gasteiger partial charge on any atom is -0.650 e. The molecule has 13 nitrogen and oxygen atoms in total. The number of amides is 2. The standard InChI is InChI=1S/C22H31N4O9.CH3.K/c1-11(2)19(26-23)21(30)24-12(3)20(29)25-15-6-13(9-33-10-27)4-5-16(15)34-18-8-14(28)7-17(35-18)22(31)32;;/h4-6,11-12,14,17-19,26,28H,7-9,23H2,1-3H3,(H,24,30)(H,25,29)(H,31,32);1H3;/q2*-1;+1. The van der Waals surface area contributed by atoms with Crippen molar-refractivity contribution in [3.05, 3.63) is 31.2 Å². The molecule has 5 unspecified atom stereocenters. The van der Waals surface area contributed by atoms with E-state index in [1.54, 1.807) is 19.9 Å². The number of aliphatic hydroxyl groups is 1. The normalized spacial score (nSPS) is 20.3. The summed E-state index contributed by atoms with van der Waals surface area (Å²) in [5, 5.41) is 24.4. The van der Waals surface area contributed by atoms with Gasteiger partial charge in [-0.3, -0.25) is 15.4 Å². The van der Waals surface area contributed by atoms with E-state index in [0.717, 1.165) is 0 Å². The number of hydrogen-bond acceptors (Lipinski definition) is 10. The van der Waals surface area contributed by atoms with E-state index in [-0.39, 0.29) is 95.6 Å². The first-order chi connectivity index (χ1) is 16.5. The summed E-state index contributed by atoms with van der Waals surface area (Å²) in [6, 6.07) is 2.83. The van der Waals surface area contributed by atoms with Crippen molar-refractivity contribution in [3.63, 3.8) is 0 Å². The Balaban J connectivity index is 0.00000648. The van der Waals surface area contributed by atoms with E-state index in [9.17, 15) is 29.4 Å². The van der Waals surface area contributed by atoms with E-state index < -0.39 is 48.4 Å². The van der Waals surface area contributed by atoms with E-state index >= 15 is 0 Å². The Morgan fingerprint density at radius 2 is 1.89 bits per heavy atom. The summed E-state index contributed by atoms with van der Waals surface area (Å²) >= 11 is 0. The SMILES string of the molecule is CC(NC(=O)C(NN)C(C)C)C(=O)Nc1cc(CO[C-]=O)ccc1OC1CC(O)CC(C(=O)O)O1.[CH3-].[K+]. The molecule has 1 aromatic rings. The molecule has 1 aliphatic heterocycles. The first-order valence-electron chi connectivity index (χ1n) is 11.0. The van der Waals surface area contributed by atoms with E-state index in [1.165, 1.54) is 25.5 Å². The summed E-state index contributed by atoms with van der Waals surface area (Å²) in [6.45, 7) is 6.25. The van der Waals surface area contributed by atoms with Crippen molar-refractivity contribution in [3.8, 4) is 5.75 Å². The summed E-state index contributed by atoms with van der Waals surface area (Å²) < 4.78 is 15.8. The van der Waals surface area contributed by atoms with Crippen molar-refractivity contribution < 1.29 is 95.0 Å². The van der Waals surface area contributed by atoms with Crippen LogP contribution >= 0.6 is 0 Å². The largest absolute Gasteiger partial charge is 1.00 e. The molecule has 0 aliphatic carbocycles. The second-order valence-corrected chi connectivity index (χ2v) is 8.45. The van der Waals surface area contributed by atoms with E-state index in [2.05, 4.69) is 20.8 Å². The fraction of sp³-hybridized carbons (Fsp3) is 0.522. The Bertz CT molecular complexity index is 918. The van der Waals surface area contributed by atoms with E-state index in [4.69, 9.17) is 15.3 Å². The molecule has 0 saturated carbocycles. The van der Waals surface area contributed by atoms with Crippen LogP contribution in [0.2, 0.25) is 0 Å². The van der Waals surface area contributed by atoms with E-state index in [0.29, 0.717) is 5.56 Å². The van der Waals surface area contributed by atoms with Crippen LogP contribution in [0.3, 0.4) is 0 Å². The van der Waals surface area contributed by atoms with Crippen LogP contribution in [0.4, 0.5) is 5.69 Å². The molecule has 37 heavy (non-hydrogen) atoms. The molecule has 0 aromatic heterocycles. The van der Waals surface area contributed by atoms with E-state index in [1.807, 2.05) is 0 Å². The van der Waals surface area contributed by atoms with Crippen LogP contribution in [-0.2, 0) is 35.3 Å². The molecule has 2 rings (SSSR count). The number of hydrazine groups is 1. The van der Waals surface area contributed by atoms with Gasteiger partial charge in [0.15, 0.2) is 6.10 Å². The van der Waals surface area contributed by atoms with Crippen LogP contribution in [0.25, 0.3) is 0 Å². The average molecular weight is 550 g/mol. The van der Waals surface area contributed by atoms with Crippen molar-refractivity contribution in [2.75, 3.05) is 5.32 Å². The Morgan fingerprint density at radius 3 is 2.46 bits per heavy atom. The molecule has 1 saturated heterocycles. The number of aliphatic hydroxyl groups excluding tert-OH is 1. The van der Waals surface area contributed by atoms with Crippen LogP contribution < -0.4 is 78.0 Å². The second kappa shape index (κ2) is 17.1. The van der Waals surface area contributed by atoms with Gasteiger partial charge in [-0.2, -0.15) is 0 Å². The molecule has 1 fully saturated rings. The minimum atomic E-state index is -1.25. The second-order valence-electron chi connectivity index (χ2n) is 8.45. The quantitative estimate of drug-likeness (QED) is 0.0671. The zero-order valence-electron chi connectivity index (χ0n) is 21.6. The van der Waals surface area contributed by atoms with Gasteiger partial charge < -0.3 is 47.3 Å². The molecular formula is C23H34KN4O9-. The Labute approximate surface area is 258 Å². The topological polar surface area (TPSA) is 199 Å². The number of nitrogens with one attached hydrogen (secondary N) is 3. The maximum atomic E-state index is 12.8. The molecule has 7 N–H and O–H groups in total. The number of carboxylic acids is 1. The zero-order chi connectivity index (χ0) is 26.1. The number of carbonyl (C=O) groups excluding carboxylic acids is 3. The molecule has 5 atom stereocenters. The van der Waals surface area contributed by atoms with Gasteiger partial charge in [-0.25, -0.2) is 10.2 Å². The van der Waals surface area contributed by atoms with Crippen molar-refractivity contribution in [2.45, 2.75) is 70.8 Å². The molecule has 14 heteroatoms. The average Bonchev–Trinajstić information content (AvgIpc) is 2.78. The third-order valence-electron chi connectivity index (χ3n) is 5.28. The number of hydrogen-bond donors (Lipinski definition) is 6. The third-order valence-corrected chi connectivity index (χ3v) is 5.28. The summed E-state index contributed by atoms with van der Waals surface area (Å²) in [7, 11) is 0. The third kappa shape index (κ3) is 10.9. The molecule has 1 heterocycles. The van der Waals surface area contributed by atoms with Gasteiger partial charge >= 0.3 is 57.4 Å². The van der Waals surface area contributed by atoms with Gasteiger partial charge in [0.05, 0.1) is 18.4 Å². The Kier molecular flexibility index (Phi) is 16.3. The smallest absolute Gasteiger partial charge is 0.650 e. The fourth-order valence-electron chi connectivity index (χ4n) is 3.40. The number of carboxylic acid groups (broad SMARTS) is 1. The molecule has 0 radical (unpaired) electrons. The first-order valence-corrected chi connectivity index (χ1v) is 11.0. The van der Waals surface area contributed by atoms with Gasteiger partial charge in [-0.05, 0) is 30.5 Å². The van der Waals surface area contributed by atoms with Gasteiger partial charge in [0, 0.05) is 12.8 Å². The molecule has 2 amide bonds. The number of carbonyl (C=O) groups is 3. The number of anilines is 1. The van der Waals surface area contributed by atoms with Gasteiger partial charge in [0.1, 0.15) is 17.8 Å². The molecule has 0 bridgehead atoms. The van der Waals surface area contributed by atoms with Gasteiger partial charge in [0.25, 0.3) is 0 Å². The molecule has 0 spiro atoms. The van der Waals surface area contributed by atoms with Crippen LogP contribution in [0.15, 0.2) is 18.2 Å². The van der Waals surface area contributed by atoms with Crippen LogP contribution in [0, 0.1) is 13.3 Å². The summed E-state index contributed by atoms with van der Waals surface area (Å²) in [5.74, 6) is 3.12. The van der Waals surface area contributed by atoms with Crippen molar-refractivity contribution >= 4 is 29.9 Å². The summed E-state index contributed by atoms with van der Waals surface area (Å²) in [4.78, 5) is 46.9. The Hall–Kier alpha value is -1.62. The van der Waals surface area contributed by atoms with Crippen molar-refractivity contribution in [1.29, 1.82) is 0 Å². The van der Waals surface area contributed by atoms with Gasteiger partial charge in [0.2, 0.25) is 18.1 Å². The minimum absolute atomic E-state index is 0. The maximum absolute atomic E-state index is 12.8. The van der Waals surface area contributed by atoms with Crippen LogP contribution in [0.1, 0.15) is 39.2 Å². The van der Waals surface area contributed by atoms with Gasteiger partial charge in [-0.1, -0.05) is 26.4 Å². The van der Waals surface area contributed by atoms with Crippen molar-refractivity contribution in [1.82, 2.24) is 10.7 Å². The predicted molar refractivity (Wildman–Crippen MR) is 128 cm³/mol. The fourth-order valence-corrected chi connectivity index (χ4v) is 3.40. The number of nitrogens with two attached hydrogens (primary N) is 1. The number of aliphatic carboxylic acids is 1. The molecule has 202 valence electrons. The predicted octanol–water partition coefficient (Wildman–Crippen LogP) is -3.01.